The number of nitrogens with zero attached hydrogens (tertiary/aromatic N) is 3. The molecule has 2 aromatic heterocycles. The lowest BCUT2D eigenvalue weighted by atomic mass is 9.98. The summed E-state index contributed by atoms with van der Waals surface area (Å²) in [4.78, 5) is 29.7. The van der Waals surface area contributed by atoms with Crippen LogP contribution in [0.25, 0.3) is 0 Å². The number of likely N-dealkylation sites (tertiary alicyclic amines) is 1. The van der Waals surface area contributed by atoms with Crippen LogP contribution < -0.4 is 5.76 Å². The zero-order valence-electron chi connectivity index (χ0n) is 12.7. The highest BCUT2D eigenvalue weighted by Crippen LogP contribution is 2.32. The van der Waals surface area contributed by atoms with Crippen LogP contribution in [0.2, 0.25) is 0 Å². The van der Waals surface area contributed by atoms with Gasteiger partial charge < -0.3 is 13.7 Å². The van der Waals surface area contributed by atoms with Crippen molar-refractivity contribution in [2.24, 2.45) is 5.92 Å². The number of carbonyl (C=O) groups is 1. The molecule has 0 spiro atoms. The van der Waals surface area contributed by atoms with Gasteiger partial charge in [0.25, 0.3) is 5.91 Å². The van der Waals surface area contributed by atoms with Gasteiger partial charge in [0.1, 0.15) is 6.26 Å². The molecule has 1 saturated carbocycles. The first-order chi connectivity index (χ1) is 11.2. The van der Waals surface area contributed by atoms with Crippen molar-refractivity contribution in [2.75, 3.05) is 13.1 Å². The number of piperidine rings is 1. The number of amides is 1. The van der Waals surface area contributed by atoms with Crippen LogP contribution >= 0.6 is 0 Å². The molecule has 1 unspecified atom stereocenters. The second-order valence-corrected chi connectivity index (χ2v) is 6.32. The van der Waals surface area contributed by atoms with Crippen molar-refractivity contribution >= 4 is 5.91 Å². The maximum atomic E-state index is 12.6. The van der Waals surface area contributed by atoms with Crippen LogP contribution in [0.15, 0.2) is 19.9 Å². The Morgan fingerprint density at radius 2 is 2.26 bits per heavy atom. The standard InChI is InChI=1S/C15H18N4O4/c20-14(11-8-22-12(16-11)6-9-3-4-9)19-5-1-2-10(7-19)13-17-18-15(21)23-13/h8-10H,1-7H2,(H,18,21). The summed E-state index contributed by atoms with van der Waals surface area (Å²) >= 11 is 0. The Kier molecular flexibility index (Phi) is 3.51. The molecular formula is C15H18N4O4. The Hall–Kier alpha value is -2.38. The van der Waals surface area contributed by atoms with E-state index in [0.717, 1.165) is 19.3 Å². The average Bonchev–Trinajstić information content (AvgIpc) is 3.07. The summed E-state index contributed by atoms with van der Waals surface area (Å²) < 4.78 is 10.4. The van der Waals surface area contributed by atoms with Gasteiger partial charge in [-0.1, -0.05) is 0 Å². The van der Waals surface area contributed by atoms with Gasteiger partial charge in [0, 0.05) is 19.5 Å². The number of hydrogen-bond acceptors (Lipinski definition) is 6. The molecular weight excluding hydrogens is 300 g/mol. The van der Waals surface area contributed by atoms with Gasteiger partial charge in [-0.15, -0.1) is 5.10 Å². The molecule has 122 valence electrons. The molecule has 0 aromatic carbocycles. The van der Waals surface area contributed by atoms with Gasteiger partial charge in [-0.25, -0.2) is 14.9 Å². The number of rotatable bonds is 4. The zero-order chi connectivity index (χ0) is 15.8. The molecule has 1 aliphatic heterocycles. The summed E-state index contributed by atoms with van der Waals surface area (Å²) in [5, 5.41) is 6.14. The minimum atomic E-state index is -0.565. The van der Waals surface area contributed by atoms with E-state index in [4.69, 9.17) is 8.83 Å². The monoisotopic (exact) mass is 318 g/mol. The molecule has 0 radical (unpaired) electrons. The molecule has 1 amide bonds. The number of hydrogen-bond donors (Lipinski definition) is 1. The summed E-state index contributed by atoms with van der Waals surface area (Å²) in [5.74, 6) is 0.899. The van der Waals surface area contributed by atoms with Gasteiger partial charge in [-0.2, -0.15) is 0 Å². The largest absolute Gasteiger partial charge is 0.448 e. The molecule has 1 aliphatic carbocycles. The number of aromatic nitrogens is 3. The Morgan fingerprint density at radius 1 is 1.39 bits per heavy atom. The molecule has 4 rings (SSSR count). The number of carbonyl (C=O) groups excluding carboxylic acids is 1. The predicted octanol–water partition coefficient (Wildman–Crippen LogP) is 1.32. The molecule has 1 N–H and O–H groups in total. The van der Waals surface area contributed by atoms with Gasteiger partial charge in [-0.3, -0.25) is 4.79 Å². The fourth-order valence-electron chi connectivity index (χ4n) is 3.01. The van der Waals surface area contributed by atoms with Crippen LogP contribution in [-0.2, 0) is 6.42 Å². The van der Waals surface area contributed by atoms with E-state index in [2.05, 4.69) is 15.2 Å². The van der Waals surface area contributed by atoms with Crippen molar-refractivity contribution in [1.82, 2.24) is 20.1 Å². The number of nitrogens with one attached hydrogen (secondary N) is 1. The van der Waals surface area contributed by atoms with Crippen LogP contribution in [0.3, 0.4) is 0 Å². The summed E-state index contributed by atoms with van der Waals surface area (Å²) in [6, 6.07) is 0. The van der Waals surface area contributed by atoms with Crippen molar-refractivity contribution in [3.63, 3.8) is 0 Å². The first-order valence-electron chi connectivity index (χ1n) is 7.98. The van der Waals surface area contributed by atoms with Gasteiger partial charge >= 0.3 is 5.76 Å². The van der Waals surface area contributed by atoms with E-state index in [9.17, 15) is 9.59 Å². The van der Waals surface area contributed by atoms with Crippen molar-refractivity contribution in [1.29, 1.82) is 0 Å². The lowest BCUT2D eigenvalue weighted by Crippen LogP contribution is -2.39. The van der Waals surface area contributed by atoms with Crippen LogP contribution in [-0.4, -0.2) is 39.1 Å². The summed E-state index contributed by atoms with van der Waals surface area (Å²) in [5.41, 5.74) is 0.352. The highest BCUT2D eigenvalue weighted by atomic mass is 16.4. The number of oxazole rings is 1. The molecule has 8 heteroatoms. The highest BCUT2D eigenvalue weighted by molar-refractivity contribution is 5.92. The molecule has 2 aromatic rings. The molecule has 8 nitrogen and oxygen atoms in total. The Balaban J connectivity index is 1.44. The minimum absolute atomic E-state index is 0.0653. The number of aromatic amines is 1. The zero-order valence-corrected chi connectivity index (χ0v) is 12.7. The first-order valence-corrected chi connectivity index (χ1v) is 7.98. The van der Waals surface area contributed by atoms with E-state index in [1.54, 1.807) is 4.90 Å². The van der Waals surface area contributed by atoms with Crippen LogP contribution in [0.1, 0.15) is 53.9 Å². The van der Waals surface area contributed by atoms with Crippen molar-refractivity contribution < 1.29 is 13.6 Å². The molecule has 3 heterocycles. The van der Waals surface area contributed by atoms with Crippen molar-refractivity contribution in [3.05, 3.63) is 34.3 Å². The van der Waals surface area contributed by atoms with Gasteiger partial charge in [0.2, 0.25) is 5.89 Å². The van der Waals surface area contributed by atoms with Gasteiger partial charge in [0.15, 0.2) is 11.6 Å². The van der Waals surface area contributed by atoms with E-state index in [-0.39, 0.29) is 11.8 Å². The third kappa shape index (κ3) is 3.06. The summed E-state index contributed by atoms with van der Waals surface area (Å²) in [6.07, 6.45) is 6.36. The quantitative estimate of drug-likeness (QED) is 0.911. The van der Waals surface area contributed by atoms with Crippen molar-refractivity contribution in [3.8, 4) is 0 Å². The van der Waals surface area contributed by atoms with Crippen molar-refractivity contribution in [2.45, 2.75) is 38.0 Å². The summed E-state index contributed by atoms with van der Waals surface area (Å²) in [6.45, 7) is 1.13. The molecule has 2 fully saturated rings. The molecule has 1 saturated heterocycles. The summed E-state index contributed by atoms with van der Waals surface area (Å²) in [7, 11) is 0. The van der Waals surface area contributed by atoms with Crippen LogP contribution in [0.5, 0.6) is 0 Å². The molecule has 2 aliphatic rings. The van der Waals surface area contributed by atoms with Crippen LogP contribution in [0, 0.1) is 5.92 Å². The van der Waals surface area contributed by atoms with E-state index in [0.29, 0.717) is 36.5 Å². The molecule has 0 bridgehead atoms. The van der Waals surface area contributed by atoms with Crippen LogP contribution in [0.4, 0.5) is 0 Å². The van der Waals surface area contributed by atoms with E-state index >= 15 is 0 Å². The molecule has 1 atom stereocenters. The smallest absolute Gasteiger partial charge is 0.434 e. The maximum absolute atomic E-state index is 12.6. The second kappa shape index (κ2) is 5.68. The Bertz CT molecular complexity index is 757. The maximum Gasteiger partial charge on any atom is 0.434 e. The van der Waals surface area contributed by atoms with E-state index in [1.165, 1.54) is 19.1 Å². The SMILES string of the molecule is O=C(c1coc(CC2CC2)n1)N1CCCC(c2n[nH]c(=O)o2)C1. The first kappa shape index (κ1) is 14.2. The van der Waals surface area contributed by atoms with Gasteiger partial charge in [0.05, 0.1) is 5.92 Å². The van der Waals surface area contributed by atoms with E-state index in [1.807, 2.05) is 0 Å². The fraction of sp³-hybridized carbons (Fsp3) is 0.600. The topological polar surface area (TPSA) is 105 Å². The highest BCUT2D eigenvalue weighted by Gasteiger charge is 2.30. The number of H-pyrrole nitrogens is 1. The fourth-order valence-corrected chi connectivity index (χ4v) is 3.01. The normalized spacial score (nSPS) is 21.6. The third-order valence-corrected chi connectivity index (χ3v) is 4.44. The average molecular weight is 318 g/mol. The lowest BCUT2D eigenvalue weighted by Gasteiger charge is -2.30. The second-order valence-electron chi connectivity index (χ2n) is 6.32. The third-order valence-electron chi connectivity index (χ3n) is 4.44. The lowest BCUT2D eigenvalue weighted by molar-refractivity contribution is 0.0691. The molecule has 23 heavy (non-hydrogen) atoms. The van der Waals surface area contributed by atoms with E-state index < -0.39 is 5.76 Å². The van der Waals surface area contributed by atoms with Gasteiger partial charge in [-0.05, 0) is 31.6 Å². The minimum Gasteiger partial charge on any atom is -0.448 e. The Morgan fingerprint density at radius 3 is 3.00 bits per heavy atom. The predicted molar refractivity (Wildman–Crippen MR) is 77.9 cm³/mol. The Labute approximate surface area is 131 Å².